The van der Waals surface area contributed by atoms with Crippen molar-refractivity contribution in [2.75, 3.05) is 39.5 Å². The smallest absolute Gasteiger partial charge is 0.328 e. The summed E-state index contributed by atoms with van der Waals surface area (Å²) in [5, 5.41) is 70.7. The summed E-state index contributed by atoms with van der Waals surface area (Å²) in [5.74, 6) is -11.5. The van der Waals surface area contributed by atoms with Crippen molar-refractivity contribution in [3.8, 4) is 0 Å². The van der Waals surface area contributed by atoms with E-state index in [0.29, 0.717) is 64.3 Å². The first kappa shape index (κ1) is 66.8. The van der Waals surface area contributed by atoms with Crippen molar-refractivity contribution < 1.29 is 78.3 Å². The number of carboxylic acid groups (broad SMARTS) is 2. The number of aliphatic carboxylic acids is 2. The second-order valence-electron chi connectivity index (χ2n) is 20.9. The van der Waals surface area contributed by atoms with Crippen LogP contribution < -0.4 is 54.0 Å². The molecule has 0 unspecified atom stereocenters. The number of fused-ring (bicyclic) bond motifs is 2. The number of H-pyrrole nitrogens is 2. The molecule has 0 aliphatic carbocycles. The minimum atomic E-state index is -1.89. The minimum Gasteiger partial charge on any atom is -0.481 e. The lowest BCUT2D eigenvalue weighted by molar-refractivity contribution is -0.146. The van der Waals surface area contributed by atoms with Gasteiger partial charge in [-0.05, 0) is 67.5 Å². The molecule has 9 atom stereocenters. The molecule has 3 aromatic carbocycles. The molecule has 0 spiro atoms. The third kappa shape index (κ3) is 19.1. The molecule has 0 bridgehead atoms. The SMILES string of the molecule is NCCCC[C@H](N)C(=O)NCC(=O)N[C@@H](Cc1ccccc1)C(=O)N[C@@H](Cc1c[nH]c2ccccc12)C(=O)N[C@@H](CO)C(=O)N[C@@H](CCC(=O)O)C(=O)N[C@@H](Cc1c[nH]c2ccccc12)C(=O)N[C@@H](CO)C(=O)N1CCC[C@H]1C(=O)N[C@@H](CO)C(=O)O. The molecule has 2 aromatic heterocycles. The summed E-state index contributed by atoms with van der Waals surface area (Å²) in [5.41, 5.74) is 14.4. The Kier molecular flexibility index (Phi) is 25.2. The van der Waals surface area contributed by atoms with Gasteiger partial charge in [-0.1, -0.05) is 73.2 Å². The molecular formula is C58H75N13O16. The quantitative estimate of drug-likeness (QED) is 0.0178. The first-order valence-electron chi connectivity index (χ1n) is 28.3. The number of unbranched alkanes of at least 4 members (excludes halogenated alkanes) is 1. The maximum atomic E-state index is 14.5. The van der Waals surface area contributed by atoms with Crippen LogP contribution in [-0.4, -0.2) is 199 Å². The Morgan fingerprint density at radius 3 is 1.59 bits per heavy atom. The summed E-state index contributed by atoms with van der Waals surface area (Å²) >= 11 is 0. The van der Waals surface area contributed by atoms with Crippen LogP contribution in [0.2, 0.25) is 0 Å². The van der Waals surface area contributed by atoms with E-state index in [1.807, 2.05) is 0 Å². The van der Waals surface area contributed by atoms with E-state index in [2.05, 4.69) is 52.5 Å². The van der Waals surface area contributed by atoms with Crippen LogP contribution in [0.3, 0.4) is 0 Å². The Hall–Kier alpha value is -9.29. The largest absolute Gasteiger partial charge is 0.481 e. The zero-order chi connectivity index (χ0) is 63.2. The second-order valence-corrected chi connectivity index (χ2v) is 20.9. The van der Waals surface area contributed by atoms with Crippen LogP contribution in [0.4, 0.5) is 0 Å². The summed E-state index contributed by atoms with van der Waals surface area (Å²) in [4.78, 5) is 156. The van der Waals surface area contributed by atoms with Crippen LogP contribution in [0.15, 0.2) is 91.3 Å². The van der Waals surface area contributed by atoms with Crippen molar-refractivity contribution in [3.63, 3.8) is 0 Å². The lowest BCUT2D eigenvalue weighted by Crippen LogP contribution is -2.61. The molecular weight excluding hydrogens is 1130 g/mol. The molecule has 6 rings (SSSR count). The number of rotatable bonds is 34. The van der Waals surface area contributed by atoms with Gasteiger partial charge in [-0.3, -0.25) is 47.9 Å². The number of benzene rings is 3. The Bertz CT molecular complexity index is 3230. The number of para-hydroxylation sites is 2. The van der Waals surface area contributed by atoms with Crippen LogP contribution in [0.25, 0.3) is 21.8 Å². The third-order valence-corrected chi connectivity index (χ3v) is 14.7. The first-order chi connectivity index (χ1) is 41.7. The van der Waals surface area contributed by atoms with E-state index in [1.165, 1.54) is 0 Å². The Balaban J connectivity index is 1.22. The standard InChI is InChI=1S/C58H75N13O16/c59-21-9-8-15-37(60)50(78)63-28-48(75)64-41(23-32-11-2-1-3-12-32)52(80)67-42(24-33-26-61-38-16-6-4-13-35(33)38)53(81)68-44(29-72)55(83)65-40(19-20-49(76)77)51(79)66-43(25-34-27-62-39-17-7-5-14-36(34)39)54(82)69-45(30-73)57(85)71-22-10-18-47(71)56(84)70-46(31-74)58(86)87/h1-7,11-14,16-17,26-27,37,40-47,61-62,72-74H,8-10,15,18-25,28-31,59-60H2,(H,63,78)(H,64,75)(H,65,83)(H,66,79)(H,67,80)(H,68,81)(H,69,82)(H,70,84)(H,76,77)(H,86,87)/t37-,40-,41-,42-,43-,44-,45-,46-,47-/m0/s1. The number of carbonyl (C=O) groups is 11. The van der Waals surface area contributed by atoms with E-state index in [4.69, 9.17) is 11.5 Å². The van der Waals surface area contributed by atoms with Gasteiger partial charge < -0.3 is 94.4 Å². The van der Waals surface area contributed by atoms with E-state index in [9.17, 15) is 78.3 Å². The van der Waals surface area contributed by atoms with Crippen LogP contribution >= 0.6 is 0 Å². The first-order valence-corrected chi connectivity index (χ1v) is 28.3. The van der Waals surface area contributed by atoms with Crippen LogP contribution in [0.1, 0.15) is 61.6 Å². The minimum absolute atomic E-state index is 0.0408. The zero-order valence-electron chi connectivity index (χ0n) is 47.5. The summed E-state index contributed by atoms with van der Waals surface area (Å²) in [6.07, 6.45) is 3.04. The molecule has 468 valence electrons. The van der Waals surface area contributed by atoms with Crippen molar-refractivity contribution in [1.29, 1.82) is 0 Å². The molecule has 1 aliphatic rings. The van der Waals surface area contributed by atoms with E-state index >= 15 is 0 Å². The van der Waals surface area contributed by atoms with E-state index < -0.39 is 159 Å². The van der Waals surface area contributed by atoms with Crippen molar-refractivity contribution in [2.45, 2.75) is 119 Å². The molecule has 0 radical (unpaired) electrons. The molecule has 1 aliphatic heterocycles. The van der Waals surface area contributed by atoms with Crippen molar-refractivity contribution >= 4 is 86.9 Å². The van der Waals surface area contributed by atoms with Crippen LogP contribution in [0.5, 0.6) is 0 Å². The highest BCUT2D eigenvalue weighted by molar-refractivity contribution is 5.99. The fourth-order valence-electron chi connectivity index (χ4n) is 9.94. The summed E-state index contributed by atoms with van der Waals surface area (Å²) < 4.78 is 0. The number of carboxylic acids is 2. The summed E-state index contributed by atoms with van der Waals surface area (Å²) in [6, 6.07) is 8.66. The highest BCUT2D eigenvalue weighted by Crippen LogP contribution is 2.23. The summed E-state index contributed by atoms with van der Waals surface area (Å²) in [7, 11) is 0. The van der Waals surface area contributed by atoms with Crippen molar-refractivity contribution in [1.82, 2.24) is 57.4 Å². The number of amides is 9. The predicted octanol–water partition coefficient (Wildman–Crippen LogP) is -3.44. The average Bonchev–Trinajstić information content (AvgIpc) is 2.91. The Morgan fingerprint density at radius 1 is 0.552 bits per heavy atom. The van der Waals surface area contributed by atoms with Gasteiger partial charge in [0.05, 0.1) is 32.4 Å². The van der Waals surface area contributed by atoms with Gasteiger partial charge in [0.25, 0.3) is 0 Å². The monoisotopic (exact) mass is 1210 g/mol. The number of nitrogens with two attached hydrogens (primary N) is 2. The van der Waals surface area contributed by atoms with Gasteiger partial charge in [-0.2, -0.15) is 0 Å². The average molecular weight is 1210 g/mol. The lowest BCUT2D eigenvalue weighted by Gasteiger charge is -2.30. The van der Waals surface area contributed by atoms with E-state index in [1.54, 1.807) is 91.3 Å². The molecule has 1 saturated heterocycles. The van der Waals surface area contributed by atoms with Gasteiger partial charge in [-0.15, -0.1) is 0 Å². The second kappa shape index (κ2) is 32.8. The number of aromatic nitrogens is 2. The topological polar surface area (TPSA) is 472 Å². The number of hydrogen-bond acceptors (Lipinski definition) is 16. The van der Waals surface area contributed by atoms with E-state index in [-0.39, 0.29) is 38.6 Å². The van der Waals surface area contributed by atoms with Crippen molar-refractivity contribution in [2.24, 2.45) is 11.5 Å². The number of aromatic amines is 2. The van der Waals surface area contributed by atoms with Gasteiger partial charge in [0.15, 0.2) is 0 Å². The normalized spacial score (nSPS) is 15.7. The third-order valence-electron chi connectivity index (χ3n) is 14.7. The van der Waals surface area contributed by atoms with Crippen LogP contribution in [0, 0.1) is 0 Å². The Morgan fingerprint density at radius 2 is 1.05 bits per heavy atom. The molecule has 3 heterocycles. The number of aliphatic hydroxyl groups is 3. The highest BCUT2D eigenvalue weighted by Gasteiger charge is 2.40. The molecule has 29 heteroatoms. The van der Waals surface area contributed by atoms with Crippen LogP contribution in [-0.2, 0) is 72.0 Å². The fraction of sp³-hybridized carbons (Fsp3) is 0.431. The van der Waals surface area contributed by atoms with Gasteiger partial charge in [0.2, 0.25) is 53.2 Å². The number of likely N-dealkylation sites (tertiary alicyclic amines) is 1. The molecule has 9 amide bonds. The number of nitrogens with zero attached hydrogens (tertiary/aromatic N) is 1. The van der Waals surface area contributed by atoms with E-state index in [0.717, 1.165) is 4.90 Å². The molecule has 29 nitrogen and oxygen atoms in total. The number of nitrogens with one attached hydrogen (secondary N) is 10. The number of aliphatic hydroxyl groups excluding tert-OH is 3. The molecule has 1 fully saturated rings. The summed E-state index contributed by atoms with van der Waals surface area (Å²) in [6.45, 7) is -3.27. The van der Waals surface area contributed by atoms with Gasteiger partial charge in [-0.25, -0.2) is 4.79 Å². The van der Waals surface area contributed by atoms with Gasteiger partial charge >= 0.3 is 11.9 Å². The lowest BCUT2D eigenvalue weighted by atomic mass is 10.0. The highest BCUT2D eigenvalue weighted by atomic mass is 16.4. The predicted molar refractivity (Wildman–Crippen MR) is 312 cm³/mol. The number of hydrogen-bond donors (Lipinski definition) is 17. The number of carbonyl (C=O) groups excluding carboxylic acids is 9. The Labute approximate surface area is 498 Å². The van der Waals surface area contributed by atoms with Gasteiger partial charge in [0, 0.05) is 66.4 Å². The molecule has 0 saturated carbocycles. The fourth-order valence-corrected chi connectivity index (χ4v) is 9.94. The molecule has 87 heavy (non-hydrogen) atoms. The van der Waals surface area contributed by atoms with Gasteiger partial charge in [0.1, 0.15) is 48.3 Å². The maximum absolute atomic E-state index is 14.5. The molecule has 5 aromatic rings. The molecule has 19 N–H and O–H groups in total. The van der Waals surface area contributed by atoms with Crippen molar-refractivity contribution in [3.05, 3.63) is 108 Å². The maximum Gasteiger partial charge on any atom is 0.328 e. The zero-order valence-corrected chi connectivity index (χ0v) is 47.5.